The van der Waals surface area contributed by atoms with Crippen molar-refractivity contribution in [2.24, 2.45) is 11.7 Å². The smallest absolute Gasteiger partial charge is 0.220 e. The van der Waals surface area contributed by atoms with Gasteiger partial charge in [0.2, 0.25) is 5.91 Å². The van der Waals surface area contributed by atoms with Gasteiger partial charge in [0, 0.05) is 5.92 Å². The van der Waals surface area contributed by atoms with Crippen molar-refractivity contribution in [1.82, 2.24) is 4.90 Å². The van der Waals surface area contributed by atoms with Crippen LogP contribution in [0.15, 0.2) is 0 Å². The maximum absolute atomic E-state index is 10.8. The SMILES string of the molecule is CC.CC.CCCN1CCC(C(N)=O)CC1. The van der Waals surface area contributed by atoms with Gasteiger partial charge in [0.25, 0.3) is 0 Å². The van der Waals surface area contributed by atoms with Crippen molar-refractivity contribution in [2.45, 2.75) is 53.9 Å². The van der Waals surface area contributed by atoms with Crippen molar-refractivity contribution in [3.05, 3.63) is 0 Å². The van der Waals surface area contributed by atoms with Gasteiger partial charge in [-0.15, -0.1) is 0 Å². The number of rotatable bonds is 3. The average molecular weight is 230 g/mol. The lowest BCUT2D eigenvalue weighted by Gasteiger charge is -2.29. The van der Waals surface area contributed by atoms with Crippen LogP contribution in [0.3, 0.4) is 0 Å². The molecule has 0 aromatic heterocycles. The Bertz CT molecular complexity index is 152. The highest BCUT2D eigenvalue weighted by Crippen LogP contribution is 2.16. The Morgan fingerprint density at radius 1 is 1.19 bits per heavy atom. The zero-order valence-corrected chi connectivity index (χ0v) is 11.8. The van der Waals surface area contributed by atoms with Crippen LogP contribution >= 0.6 is 0 Å². The first-order chi connectivity index (χ1) is 7.74. The van der Waals surface area contributed by atoms with E-state index in [-0.39, 0.29) is 11.8 Å². The first-order valence-electron chi connectivity index (χ1n) is 6.75. The van der Waals surface area contributed by atoms with Gasteiger partial charge in [-0.2, -0.15) is 0 Å². The van der Waals surface area contributed by atoms with E-state index in [0.29, 0.717) is 0 Å². The van der Waals surface area contributed by atoms with Crippen molar-refractivity contribution in [2.75, 3.05) is 19.6 Å². The Morgan fingerprint density at radius 3 is 1.94 bits per heavy atom. The van der Waals surface area contributed by atoms with Gasteiger partial charge in [0.15, 0.2) is 0 Å². The second-order valence-corrected chi connectivity index (χ2v) is 3.52. The van der Waals surface area contributed by atoms with Gasteiger partial charge in [0.1, 0.15) is 0 Å². The summed E-state index contributed by atoms with van der Waals surface area (Å²) in [5.74, 6) is 0.0178. The fourth-order valence-electron chi connectivity index (χ4n) is 1.76. The summed E-state index contributed by atoms with van der Waals surface area (Å²) in [5.41, 5.74) is 5.23. The second kappa shape index (κ2) is 12.5. The normalized spacial score (nSPS) is 16.6. The lowest BCUT2D eigenvalue weighted by Crippen LogP contribution is -2.38. The zero-order chi connectivity index (χ0) is 13.0. The molecule has 2 N–H and O–H groups in total. The van der Waals surface area contributed by atoms with E-state index in [0.717, 1.165) is 32.5 Å². The summed E-state index contributed by atoms with van der Waals surface area (Å²) in [6.07, 6.45) is 3.10. The number of piperidine rings is 1. The van der Waals surface area contributed by atoms with E-state index in [9.17, 15) is 4.79 Å². The summed E-state index contributed by atoms with van der Waals surface area (Å²) in [6, 6.07) is 0. The molecule has 0 bridgehead atoms. The molecule has 1 fully saturated rings. The molecule has 1 saturated heterocycles. The van der Waals surface area contributed by atoms with Crippen LogP contribution in [-0.2, 0) is 4.79 Å². The third-order valence-electron chi connectivity index (χ3n) is 2.53. The van der Waals surface area contributed by atoms with Crippen LogP contribution in [0.4, 0.5) is 0 Å². The van der Waals surface area contributed by atoms with E-state index >= 15 is 0 Å². The molecule has 1 aliphatic rings. The van der Waals surface area contributed by atoms with Crippen LogP contribution < -0.4 is 5.73 Å². The number of carbonyl (C=O) groups excluding carboxylic acids is 1. The minimum Gasteiger partial charge on any atom is -0.369 e. The molecular weight excluding hydrogens is 200 g/mol. The molecule has 0 aromatic carbocycles. The highest BCUT2D eigenvalue weighted by Gasteiger charge is 2.21. The Hall–Kier alpha value is -0.570. The quantitative estimate of drug-likeness (QED) is 0.810. The number of nitrogens with zero attached hydrogens (tertiary/aromatic N) is 1. The predicted octanol–water partition coefficient (Wildman–Crippen LogP) is 2.65. The minimum absolute atomic E-state index is 0.119. The Kier molecular flexibility index (Phi) is 13.9. The van der Waals surface area contributed by atoms with Crippen LogP contribution in [0.2, 0.25) is 0 Å². The number of nitrogens with two attached hydrogens (primary N) is 1. The standard InChI is InChI=1S/C9H18N2O.2C2H6/c1-2-5-11-6-3-8(4-7-11)9(10)12;2*1-2/h8H,2-7H2,1H3,(H2,10,12);2*1-2H3. The van der Waals surface area contributed by atoms with Crippen LogP contribution in [0.5, 0.6) is 0 Å². The van der Waals surface area contributed by atoms with E-state index in [1.54, 1.807) is 0 Å². The van der Waals surface area contributed by atoms with Gasteiger partial charge < -0.3 is 10.6 Å². The Balaban J connectivity index is 0. The lowest BCUT2D eigenvalue weighted by atomic mass is 9.96. The zero-order valence-electron chi connectivity index (χ0n) is 11.8. The molecule has 0 aliphatic carbocycles. The molecule has 3 heteroatoms. The third-order valence-corrected chi connectivity index (χ3v) is 2.53. The first kappa shape index (κ1) is 17.8. The van der Waals surface area contributed by atoms with E-state index < -0.39 is 0 Å². The van der Waals surface area contributed by atoms with Gasteiger partial charge in [-0.3, -0.25) is 4.79 Å². The molecule has 0 spiro atoms. The monoisotopic (exact) mass is 230 g/mol. The number of likely N-dealkylation sites (tertiary alicyclic amines) is 1. The highest BCUT2D eigenvalue weighted by atomic mass is 16.1. The van der Waals surface area contributed by atoms with E-state index in [1.807, 2.05) is 27.7 Å². The first-order valence-corrected chi connectivity index (χ1v) is 6.75. The molecule has 3 nitrogen and oxygen atoms in total. The number of carbonyl (C=O) groups is 1. The van der Waals surface area contributed by atoms with Gasteiger partial charge >= 0.3 is 0 Å². The molecular formula is C13H30N2O. The van der Waals surface area contributed by atoms with Gasteiger partial charge in [-0.25, -0.2) is 0 Å². The van der Waals surface area contributed by atoms with E-state index in [4.69, 9.17) is 5.73 Å². The highest BCUT2D eigenvalue weighted by molar-refractivity contribution is 5.76. The second-order valence-electron chi connectivity index (χ2n) is 3.52. The van der Waals surface area contributed by atoms with Crippen molar-refractivity contribution in [1.29, 1.82) is 0 Å². The van der Waals surface area contributed by atoms with Crippen molar-refractivity contribution >= 4 is 5.91 Å². The molecule has 1 aliphatic heterocycles. The summed E-state index contributed by atoms with van der Waals surface area (Å²) >= 11 is 0. The summed E-state index contributed by atoms with van der Waals surface area (Å²) in [4.78, 5) is 13.2. The van der Waals surface area contributed by atoms with Gasteiger partial charge in [-0.1, -0.05) is 34.6 Å². The number of hydrogen-bond donors (Lipinski definition) is 1. The number of primary amides is 1. The van der Waals surface area contributed by atoms with Gasteiger partial charge in [-0.05, 0) is 38.9 Å². The molecule has 16 heavy (non-hydrogen) atoms. The Labute approximate surface area is 101 Å². The molecule has 98 valence electrons. The van der Waals surface area contributed by atoms with Crippen LogP contribution in [0.25, 0.3) is 0 Å². The number of hydrogen-bond acceptors (Lipinski definition) is 2. The summed E-state index contributed by atoms with van der Waals surface area (Å²) in [7, 11) is 0. The van der Waals surface area contributed by atoms with Crippen LogP contribution in [0, 0.1) is 5.92 Å². The van der Waals surface area contributed by atoms with Gasteiger partial charge in [0.05, 0.1) is 0 Å². The molecule has 0 unspecified atom stereocenters. The molecule has 0 aromatic rings. The number of amides is 1. The summed E-state index contributed by atoms with van der Waals surface area (Å²) in [5, 5.41) is 0. The maximum atomic E-state index is 10.8. The molecule has 0 radical (unpaired) electrons. The largest absolute Gasteiger partial charge is 0.369 e. The Morgan fingerprint density at radius 2 is 1.62 bits per heavy atom. The molecule has 0 atom stereocenters. The van der Waals surface area contributed by atoms with Crippen LogP contribution in [0.1, 0.15) is 53.9 Å². The van der Waals surface area contributed by atoms with Crippen molar-refractivity contribution in [3.8, 4) is 0 Å². The average Bonchev–Trinajstić information content (AvgIpc) is 2.35. The molecule has 1 amide bonds. The molecule has 1 heterocycles. The van der Waals surface area contributed by atoms with Crippen molar-refractivity contribution in [3.63, 3.8) is 0 Å². The van der Waals surface area contributed by atoms with Crippen molar-refractivity contribution < 1.29 is 4.79 Å². The predicted molar refractivity (Wildman–Crippen MR) is 71.3 cm³/mol. The minimum atomic E-state index is -0.119. The lowest BCUT2D eigenvalue weighted by molar-refractivity contribution is -0.123. The van der Waals surface area contributed by atoms with E-state index in [1.165, 1.54) is 6.42 Å². The third kappa shape index (κ3) is 7.69. The molecule has 0 saturated carbocycles. The fourth-order valence-corrected chi connectivity index (χ4v) is 1.76. The molecule has 1 rings (SSSR count). The maximum Gasteiger partial charge on any atom is 0.220 e. The summed E-state index contributed by atoms with van der Waals surface area (Å²) < 4.78 is 0. The topological polar surface area (TPSA) is 46.3 Å². The fraction of sp³-hybridized carbons (Fsp3) is 0.923. The van der Waals surface area contributed by atoms with E-state index in [2.05, 4.69) is 11.8 Å². The summed E-state index contributed by atoms with van der Waals surface area (Å²) in [6.45, 7) is 13.4. The van der Waals surface area contributed by atoms with Crippen LogP contribution in [-0.4, -0.2) is 30.4 Å².